The summed E-state index contributed by atoms with van der Waals surface area (Å²) in [7, 11) is 0. The van der Waals surface area contributed by atoms with Gasteiger partial charge in [-0.25, -0.2) is 0 Å². The molecule has 138 valence electrons. The van der Waals surface area contributed by atoms with Crippen LogP contribution < -0.4 is 15.4 Å². The third kappa shape index (κ3) is 6.38. The average Bonchev–Trinajstić information content (AvgIpc) is 2.65. The van der Waals surface area contributed by atoms with E-state index >= 15 is 0 Å². The average molecular weight is 347 g/mol. The SMILES string of the molecule is CCN[C@H](C)CNC(=O)C1CCCN(C(=O)COc2ccccc2)C1. The zero-order chi connectivity index (χ0) is 18.1. The summed E-state index contributed by atoms with van der Waals surface area (Å²) in [4.78, 5) is 26.4. The van der Waals surface area contributed by atoms with Gasteiger partial charge in [-0.15, -0.1) is 0 Å². The summed E-state index contributed by atoms with van der Waals surface area (Å²) in [5, 5.41) is 6.25. The standard InChI is InChI=1S/C19H29N3O3/c1-3-20-15(2)12-21-19(24)16-8-7-11-22(13-16)18(23)14-25-17-9-5-4-6-10-17/h4-6,9-10,15-16,20H,3,7-8,11-14H2,1-2H3,(H,21,24)/t15-,16?/m1/s1. The van der Waals surface area contributed by atoms with Crippen LogP contribution in [0.15, 0.2) is 30.3 Å². The zero-order valence-corrected chi connectivity index (χ0v) is 15.2. The highest BCUT2D eigenvalue weighted by Crippen LogP contribution is 2.17. The summed E-state index contributed by atoms with van der Waals surface area (Å²) >= 11 is 0. The molecule has 6 nitrogen and oxygen atoms in total. The maximum Gasteiger partial charge on any atom is 0.260 e. The molecule has 1 aliphatic rings. The van der Waals surface area contributed by atoms with Crippen LogP contribution in [0.25, 0.3) is 0 Å². The summed E-state index contributed by atoms with van der Waals surface area (Å²) in [5.74, 6) is 0.511. The molecular formula is C19H29N3O3. The molecule has 1 saturated heterocycles. The molecule has 2 amide bonds. The largest absolute Gasteiger partial charge is 0.484 e. The van der Waals surface area contributed by atoms with Crippen molar-refractivity contribution in [3.05, 3.63) is 30.3 Å². The predicted molar refractivity (Wildman–Crippen MR) is 97.4 cm³/mol. The van der Waals surface area contributed by atoms with Crippen LogP contribution in [0.2, 0.25) is 0 Å². The molecule has 25 heavy (non-hydrogen) atoms. The summed E-state index contributed by atoms with van der Waals surface area (Å²) in [6.45, 7) is 6.74. The van der Waals surface area contributed by atoms with E-state index in [1.165, 1.54) is 0 Å². The maximum absolute atomic E-state index is 12.4. The van der Waals surface area contributed by atoms with E-state index in [0.29, 0.717) is 25.4 Å². The molecule has 1 aromatic carbocycles. The molecule has 1 aliphatic heterocycles. The highest BCUT2D eigenvalue weighted by atomic mass is 16.5. The Labute approximate surface area is 149 Å². The van der Waals surface area contributed by atoms with Crippen LogP contribution in [0, 0.1) is 5.92 Å². The van der Waals surface area contributed by atoms with E-state index in [4.69, 9.17) is 4.74 Å². The van der Waals surface area contributed by atoms with Gasteiger partial charge in [-0.3, -0.25) is 9.59 Å². The Balaban J connectivity index is 1.77. The summed E-state index contributed by atoms with van der Waals surface area (Å²) in [6.07, 6.45) is 1.67. The molecule has 0 aliphatic carbocycles. The maximum atomic E-state index is 12.4. The molecule has 0 saturated carbocycles. The molecule has 0 bridgehead atoms. The number of ether oxygens (including phenoxy) is 1. The number of hydrogen-bond donors (Lipinski definition) is 2. The van der Waals surface area contributed by atoms with Gasteiger partial charge in [-0.2, -0.15) is 0 Å². The lowest BCUT2D eigenvalue weighted by Crippen LogP contribution is -2.48. The second-order valence-electron chi connectivity index (χ2n) is 6.48. The van der Waals surface area contributed by atoms with E-state index in [2.05, 4.69) is 10.6 Å². The second-order valence-corrected chi connectivity index (χ2v) is 6.48. The van der Waals surface area contributed by atoms with Crippen molar-refractivity contribution in [2.24, 2.45) is 5.92 Å². The molecule has 0 radical (unpaired) electrons. The van der Waals surface area contributed by atoms with E-state index in [1.54, 1.807) is 4.90 Å². The fourth-order valence-corrected chi connectivity index (χ4v) is 2.99. The third-order valence-electron chi connectivity index (χ3n) is 4.39. The van der Waals surface area contributed by atoms with Crippen molar-refractivity contribution in [1.82, 2.24) is 15.5 Å². The first-order valence-corrected chi connectivity index (χ1v) is 9.07. The minimum atomic E-state index is -0.136. The zero-order valence-electron chi connectivity index (χ0n) is 15.2. The molecule has 1 heterocycles. The molecular weight excluding hydrogens is 318 g/mol. The van der Waals surface area contributed by atoms with Crippen LogP contribution in [0.1, 0.15) is 26.7 Å². The molecule has 2 atom stereocenters. The van der Waals surface area contributed by atoms with E-state index in [-0.39, 0.29) is 30.4 Å². The van der Waals surface area contributed by atoms with Crippen molar-refractivity contribution in [2.45, 2.75) is 32.7 Å². The van der Waals surface area contributed by atoms with Gasteiger partial charge in [0.1, 0.15) is 5.75 Å². The number of nitrogens with one attached hydrogen (secondary N) is 2. The molecule has 2 N–H and O–H groups in total. The summed E-state index contributed by atoms with van der Waals surface area (Å²) in [6, 6.07) is 9.54. The number of amides is 2. The Hall–Kier alpha value is -2.08. The Morgan fingerprint density at radius 3 is 2.80 bits per heavy atom. The van der Waals surface area contributed by atoms with Crippen LogP contribution in [-0.2, 0) is 9.59 Å². The smallest absolute Gasteiger partial charge is 0.260 e. The van der Waals surface area contributed by atoms with E-state index in [1.807, 2.05) is 44.2 Å². The van der Waals surface area contributed by atoms with Crippen molar-refractivity contribution in [1.29, 1.82) is 0 Å². The summed E-state index contributed by atoms with van der Waals surface area (Å²) in [5.41, 5.74) is 0. The molecule has 1 aromatic rings. The van der Waals surface area contributed by atoms with E-state index < -0.39 is 0 Å². The number of rotatable bonds is 8. The van der Waals surface area contributed by atoms with Gasteiger partial charge in [0.15, 0.2) is 6.61 Å². The number of hydrogen-bond acceptors (Lipinski definition) is 4. The topological polar surface area (TPSA) is 70.7 Å². The minimum absolute atomic E-state index is 0.00973. The van der Waals surface area contributed by atoms with E-state index in [0.717, 1.165) is 19.4 Å². The normalized spacial score (nSPS) is 18.5. The third-order valence-corrected chi connectivity index (χ3v) is 4.39. The van der Waals surface area contributed by atoms with Gasteiger partial charge in [-0.1, -0.05) is 25.1 Å². The number of likely N-dealkylation sites (N-methyl/N-ethyl adjacent to an activating group) is 1. The number of piperidine rings is 1. The van der Waals surface area contributed by atoms with Gasteiger partial charge in [-0.05, 0) is 38.4 Å². The quantitative estimate of drug-likeness (QED) is 0.746. The molecule has 0 aromatic heterocycles. The predicted octanol–water partition coefficient (Wildman–Crippen LogP) is 1.42. The highest BCUT2D eigenvalue weighted by Gasteiger charge is 2.28. The monoisotopic (exact) mass is 347 g/mol. The van der Waals surface area contributed by atoms with Crippen LogP contribution in [0.3, 0.4) is 0 Å². The highest BCUT2D eigenvalue weighted by molar-refractivity contribution is 5.82. The van der Waals surface area contributed by atoms with Gasteiger partial charge >= 0.3 is 0 Å². The Morgan fingerprint density at radius 1 is 1.32 bits per heavy atom. The Morgan fingerprint density at radius 2 is 2.08 bits per heavy atom. The van der Waals surface area contributed by atoms with Crippen molar-refractivity contribution in [2.75, 3.05) is 32.8 Å². The number of para-hydroxylation sites is 1. The van der Waals surface area contributed by atoms with Crippen LogP contribution in [0.5, 0.6) is 5.75 Å². The minimum Gasteiger partial charge on any atom is -0.484 e. The number of benzene rings is 1. The van der Waals surface area contributed by atoms with Crippen LogP contribution in [-0.4, -0.2) is 55.5 Å². The number of likely N-dealkylation sites (tertiary alicyclic amines) is 1. The fourth-order valence-electron chi connectivity index (χ4n) is 2.99. The Bertz CT molecular complexity index is 550. The first-order valence-electron chi connectivity index (χ1n) is 9.07. The molecule has 1 fully saturated rings. The number of carbonyl (C=O) groups is 2. The summed E-state index contributed by atoms with van der Waals surface area (Å²) < 4.78 is 5.52. The first kappa shape index (κ1) is 19.2. The van der Waals surface area contributed by atoms with E-state index in [9.17, 15) is 9.59 Å². The van der Waals surface area contributed by atoms with Crippen molar-refractivity contribution < 1.29 is 14.3 Å². The molecule has 6 heteroatoms. The Kier molecular flexibility index (Phi) is 7.73. The number of carbonyl (C=O) groups excluding carboxylic acids is 2. The lowest BCUT2D eigenvalue weighted by Gasteiger charge is -2.32. The van der Waals surface area contributed by atoms with Crippen molar-refractivity contribution >= 4 is 11.8 Å². The lowest BCUT2D eigenvalue weighted by molar-refractivity contribution is -0.137. The lowest BCUT2D eigenvalue weighted by atomic mass is 9.97. The van der Waals surface area contributed by atoms with Crippen molar-refractivity contribution in [3.63, 3.8) is 0 Å². The van der Waals surface area contributed by atoms with Gasteiger partial charge in [0.05, 0.1) is 5.92 Å². The molecule has 0 spiro atoms. The fraction of sp³-hybridized carbons (Fsp3) is 0.579. The van der Waals surface area contributed by atoms with Gasteiger partial charge in [0.2, 0.25) is 5.91 Å². The first-order chi connectivity index (χ1) is 12.1. The van der Waals surface area contributed by atoms with Crippen LogP contribution >= 0.6 is 0 Å². The second kappa shape index (κ2) is 10.0. The van der Waals surface area contributed by atoms with Gasteiger partial charge in [0.25, 0.3) is 5.91 Å². The number of nitrogens with zero attached hydrogens (tertiary/aromatic N) is 1. The van der Waals surface area contributed by atoms with Crippen molar-refractivity contribution in [3.8, 4) is 5.75 Å². The van der Waals surface area contributed by atoms with Gasteiger partial charge in [0, 0.05) is 25.7 Å². The van der Waals surface area contributed by atoms with Gasteiger partial charge < -0.3 is 20.3 Å². The van der Waals surface area contributed by atoms with Crippen LogP contribution in [0.4, 0.5) is 0 Å². The molecule has 2 rings (SSSR count). The molecule has 1 unspecified atom stereocenters.